The van der Waals surface area contributed by atoms with E-state index in [1.807, 2.05) is 22.2 Å². The lowest BCUT2D eigenvalue weighted by molar-refractivity contribution is -0.384. The van der Waals surface area contributed by atoms with Crippen LogP contribution in [0.25, 0.3) is 25.9 Å². The number of nitro benzene ring substituents is 1. The molecule has 3 heterocycles. The van der Waals surface area contributed by atoms with E-state index in [9.17, 15) is 10.1 Å². The van der Waals surface area contributed by atoms with Gasteiger partial charge in [0.15, 0.2) is 4.96 Å². The Morgan fingerprint density at radius 1 is 1.30 bits per heavy atom. The van der Waals surface area contributed by atoms with Crippen LogP contribution in [0.1, 0.15) is 0 Å². The number of benzene rings is 1. The quantitative estimate of drug-likeness (QED) is 0.419. The summed E-state index contributed by atoms with van der Waals surface area (Å²) >= 11 is 3.04. The summed E-state index contributed by atoms with van der Waals surface area (Å²) in [5.74, 6) is 0. The zero-order valence-corrected chi connectivity index (χ0v) is 11.5. The molecule has 20 heavy (non-hydrogen) atoms. The van der Waals surface area contributed by atoms with Crippen LogP contribution in [-0.4, -0.2) is 19.3 Å². The number of fused-ring (bicyclic) bond motifs is 2. The third-order valence-electron chi connectivity index (χ3n) is 2.89. The van der Waals surface area contributed by atoms with E-state index in [-0.39, 0.29) is 5.69 Å². The summed E-state index contributed by atoms with van der Waals surface area (Å²) < 4.78 is 2.86. The van der Waals surface area contributed by atoms with E-state index in [4.69, 9.17) is 0 Å². The molecule has 4 aromatic rings. The molecule has 3 aromatic heterocycles. The first-order chi connectivity index (χ1) is 9.70. The molecule has 0 radical (unpaired) electrons. The topological polar surface area (TPSA) is 73.3 Å². The SMILES string of the molecule is O=[N+]([O-])c1ccc2sc(-c3cn4ccsc4n3)nc2c1. The number of hydrogen-bond acceptors (Lipinski definition) is 6. The predicted octanol–water partition coefficient (Wildman–Crippen LogP) is 3.58. The first-order valence-corrected chi connectivity index (χ1v) is 7.38. The van der Waals surface area contributed by atoms with Crippen LogP contribution in [0.3, 0.4) is 0 Å². The summed E-state index contributed by atoms with van der Waals surface area (Å²) in [6, 6.07) is 4.72. The number of nitro groups is 1. The molecule has 0 aliphatic heterocycles. The summed E-state index contributed by atoms with van der Waals surface area (Å²) in [5.41, 5.74) is 1.48. The Morgan fingerprint density at radius 3 is 3.00 bits per heavy atom. The molecule has 4 rings (SSSR count). The van der Waals surface area contributed by atoms with Crippen molar-refractivity contribution < 1.29 is 4.92 Å². The Hall–Kier alpha value is -2.32. The normalized spacial score (nSPS) is 11.4. The van der Waals surface area contributed by atoms with Crippen molar-refractivity contribution in [3.63, 3.8) is 0 Å². The standard InChI is InChI=1S/C12H6N4O2S2/c17-16(18)7-1-2-10-8(5-7)13-11(20-10)9-6-15-3-4-19-12(15)14-9/h1-6H. The summed E-state index contributed by atoms with van der Waals surface area (Å²) in [6.45, 7) is 0. The molecule has 0 spiro atoms. The number of imidazole rings is 1. The van der Waals surface area contributed by atoms with E-state index in [1.54, 1.807) is 17.4 Å². The van der Waals surface area contributed by atoms with Crippen molar-refractivity contribution in [2.45, 2.75) is 0 Å². The van der Waals surface area contributed by atoms with Gasteiger partial charge in [-0.25, -0.2) is 9.97 Å². The lowest BCUT2D eigenvalue weighted by atomic mass is 10.3. The van der Waals surface area contributed by atoms with Crippen molar-refractivity contribution in [2.75, 3.05) is 0 Å². The number of aromatic nitrogens is 3. The minimum absolute atomic E-state index is 0.0557. The van der Waals surface area contributed by atoms with Gasteiger partial charge in [-0.15, -0.1) is 22.7 Å². The Bertz CT molecular complexity index is 924. The van der Waals surface area contributed by atoms with Gasteiger partial charge in [0.25, 0.3) is 5.69 Å². The van der Waals surface area contributed by atoms with E-state index in [2.05, 4.69) is 9.97 Å². The van der Waals surface area contributed by atoms with Gasteiger partial charge >= 0.3 is 0 Å². The molecule has 8 heteroatoms. The molecule has 0 aliphatic rings. The van der Waals surface area contributed by atoms with Crippen LogP contribution in [0.5, 0.6) is 0 Å². The van der Waals surface area contributed by atoms with E-state index in [1.165, 1.54) is 23.5 Å². The highest BCUT2D eigenvalue weighted by molar-refractivity contribution is 7.21. The second kappa shape index (κ2) is 4.09. The van der Waals surface area contributed by atoms with Gasteiger partial charge in [-0.3, -0.25) is 14.5 Å². The number of rotatable bonds is 2. The number of thiazole rings is 2. The minimum Gasteiger partial charge on any atom is -0.297 e. The average Bonchev–Trinajstić information content (AvgIpc) is 3.10. The predicted molar refractivity (Wildman–Crippen MR) is 78.3 cm³/mol. The van der Waals surface area contributed by atoms with Gasteiger partial charge in [-0.2, -0.15) is 0 Å². The molecule has 0 saturated heterocycles. The van der Waals surface area contributed by atoms with E-state index >= 15 is 0 Å². The van der Waals surface area contributed by atoms with E-state index in [0.29, 0.717) is 5.52 Å². The fourth-order valence-electron chi connectivity index (χ4n) is 1.97. The van der Waals surface area contributed by atoms with Crippen LogP contribution >= 0.6 is 22.7 Å². The van der Waals surface area contributed by atoms with Gasteiger partial charge in [0.1, 0.15) is 10.7 Å². The first kappa shape index (κ1) is 11.5. The number of non-ortho nitro benzene ring substituents is 1. The average molecular weight is 302 g/mol. The molecule has 0 amide bonds. The summed E-state index contributed by atoms with van der Waals surface area (Å²) in [6.07, 6.45) is 3.85. The molecule has 0 fully saturated rings. The van der Waals surface area contributed by atoms with Gasteiger partial charge in [0, 0.05) is 29.9 Å². The highest BCUT2D eigenvalue weighted by atomic mass is 32.1. The largest absolute Gasteiger partial charge is 0.297 e. The number of hydrogen-bond donors (Lipinski definition) is 0. The molecule has 0 N–H and O–H groups in total. The second-order valence-corrected chi connectivity index (χ2v) is 6.05. The molecule has 1 aromatic carbocycles. The van der Waals surface area contributed by atoms with Gasteiger partial charge in [0.05, 0.1) is 15.1 Å². The fourth-order valence-corrected chi connectivity index (χ4v) is 3.57. The first-order valence-electron chi connectivity index (χ1n) is 5.68. The maximum atomic E-state index is 10.8. The molecular formula is C12H6N4O2S2. The highest BCUT2D eigenvalue weighted by Gasteiger charge is 2.13. The van der Waals surface area contributed by atoms with Crippen LogP contribution in [0, 0.1) is 10.1 Å². The summed E-state index contributed by atoms with van der Waals surface area (Å²) in [5, 5.41) is 13.5. The van der Waals surface area contributed by atoms with Crippen LogP contribution < -0.4 is 0 Å². The van der Waals surface area contributed by atoms with Crippen LogP contribution in [0.15, 0.2) is 36.0 Å². The summed E-state index contributed by atoms with van der Waals surface area (Å²) in [4.78, 5) is 20.2. The van der Waals surface area contributed by atoms with Gasteiger partial charge in [-0.05, 0) is 6.07 Å². The smallest absolute Gasteiger partial charge is 0.271 e. The molecule has 98 valence electrons. The molecule has 0 saturated carbocycles. The molecule has 0 atom stereocenters. The lowest BCUT2D eigenvalue weighted by Crippen LogP contribution is -1.86. The zero-order chi connectivity index (χ0) is 13.7. The van der Waals surface area contributed by atoms with Crippen molar-refractivity contribution in [1.29, 1.82) is 0 Å². The zero-order valence-electron chi connectivity index (χ0n) is 9.89. The van der Waals surface area contributed by atoms with Crippen molar-refractivity contribution >= 4 is 43.5 Å². The maximum absolute atomic E-state index is 10.8. The van der Waals surface area contributed by atoms with Crippen LogP contribution in [0.2, 0.25) is 0 Å². The summed E-state index contributed by atoms with van der Waals surface area (Å²) in [7, 11) is 0. The highest BCUT2D eigenvalue weighted by Crippen LogP contribution is 2.32. The van der Waals surface area contributed by atoms with Crippen molar-refractivity contribution in [3.8, 4) is 10.7 Å². The Kier molecular flexibility index (Phi) is 2.35. The van der Waals surface area contributed by atoms with Crippen molar-refractivity contribution in [2.24, 2.45) is 0 Å². The Labute approximate surface area is 120 Å². The maximum Gasteiger partial charge on any atom is 0.271 e. The third-order valence-corrected chi connectivity index (χ3v) is 4.72. The monoisotopic (exact) mass is 302 g/mol. The molecule has 0 unspecified atom stereocenters. The van der Waals surface area contributed by atoms with E-state index < -0.39 is 4.92 Å². The minimum atomic E-state index is -0.412. The Balaban J connectivity index is 1.87. The lowest BCUT2D eigenvalue weighted by Gasteiger charge is -1.89. The van der Waals surface area contributed by atoms with Gasteiger partial charge in [0.2, 0.25) is 0 Å². The van der Waals surface area contributed by atoms with Crippen LogP contribution in [-0.2, 0) is 0 Å². The van der Waals surface area contributed by atoms with Gasteiger partial charge in [-0.1, -0.05) is 0 Å². The molecule has 0 aliphatic carbocycles. The molecular weight excluding hydrogens is 296 g/mol. The molecule has 6 nitrogen and oxygen atoms in total. The van der Waals surface area contributed by atoms with Crippen LogP contribution in [0.4, 0.5) is 5.69 Å². The third kappa shape index (κ3) is 1.69. The second-order valence-electron chi connectivity index (χ2n) is 4.15. The Morgan fingerprint density at radius 2 is 2.20 bits per heavy atom. The van der Waals surface area contributed by atoms with Crippen molar-refractivity contribution in [3.05, 3.63) is 46.1 Å². The van der Waals surface area contributed by atoms with E-state index in [0.717, 1.165) is 20.4 Å². The van der Waals surface area contributed by atoms with Crippen molar-refractivity contribution in [1.82, 2.24) is 14.4 Å². The number of nitrogens with zero attached hydrogens (tertiary/aromatic N) is 4. The molecule has 0 bridgehead atoms. The fraction of sp³-hybridized carbons (Fsp3) is 0. The van der Waals surface area contributed by atoms with Gasteiger partial charge < -0.3 is 0 Å².